The summed E-state index contributed by atoms with van der Waals surface area (Å²) in [5.74, 6) is -2.69. The fourth-order valence-electron chi connectivity index (χ4n) is 1.81. The Morgan fingerprint density at radius 1 is 0.920 bits per heavy atom. The molecule has 25 heavy (non-hydrogen) atoms. The molecule has 2 rings (SSSR count). The Balaban J connectivity index is 2.08. The van der Waals surface area contributed by atoms with Gasteiger partial charge < -0.3 is 10.6 Å². The zero-order valence-corrected chi connectivity index (χ0v) is 13.4. The Morgan fingerprint density at radius 2 is 1.48 bits per heavy atom. The van der Waals surface area contributed by atoms with Crippen molar-refractivity contribution in [1.82, 2.24) is 0 Å². The van der Waals surface area contributed by atoms with E-state index >= 15 is 0 Å². The van der Waals surface area contributed by atoms with Crippen molar-refractivity contribution in [3.05, 3.63) is 65.2 Å². The van der Waals surface area contributed by atoms with E-state index in [0.29, 0.717) is 5.02 Å². The van der Waals surface area contributed by atoms with Crippen molar-refractivity contribution >= 4 is 40.9 Å². The number of benzene rings is 2. The minimum Gasteiger partial charge on any atom is -0.321 e. The van der Waals surface area contributed by atoms with Gasteiger partial charge in [0.15, 0.2) is 0 Å². The highest BCUT2D eigenvalue weighted by atomic mass is 35.5. The van der Waals surface area contributed by atoms with Crippen LogP contribution in [0.25, 0.3) is 6.08 Å². The van der Waals surface area contributed by atoms with Crippen LogP contribution in [0.1, 0.15) is 5.56 Å². The number of carbonyl (C=O) groups excluding carboxylic acids is 2. The average molecular weight is 369 g/mol. The molecule has 0 aliphatic rings. The monoisotopic (exact) mass is 368 g/mol. The Morgan fingerprint density at radius 3 is 2.04 bits per heavy atom. The van der Waals surface area contributed by atoms with E-state index in [4.69, 9.17) is 11.6 Å². The fraction of sp³-hybridized carbons (Fsp3) is 0.0588. The molecule has 0 unspecified atom stereocenters. The Hall–Kier alpha value is -2.80. The van der Waals surface area contributed by atoms with Crippen LogP contribution in [-0.4, -0.2) is 18.0 Å². The van der Waals surface area contributed by atoms with Crippen molar-refractivity contribution in [2.75, 3.05) is 10.6 Å². The van der Waals surface area contributed by atoms with Gasteiger partial charge in [-0.15, -0.1) is 0 Å². The first kappa shape index (κ1) is 18.5. The lowest BCUT2D eigenvalue weighted by Gasteiger charge is -2.12. The van der Waals surface area contributed by atoms with Crippen molar-refractivity contribution in [2.45, 2.75) is 6.18 Å². The van der Waals surface area contributed by atoms with Gasteiger partial charge >= 0.3 is 12.1 Å². The predicted octanol–water partition coefficient (Wildman–Crippen LogP) is 4.49. The third kappa shape index (κ3) is 5.65. The van der Waals surface area contributed by atoms with Crippen LogP contribution in [0.3, 0.4) is 0 Å². The highest BCUT2D eigenvalue weighted by molar-refractivity contribution is 6.30. The van der Waals surface area contributed by atoms with Crippen LogP contribution in [0.4, 0.5) is 24.5 Å². The molecule has 0 aromatic heterocycles. The maximum Gasteiger partial charge on any atom is 0.471 e. The molecule has 0 saturated carbocycles. The SMILES string of the molecule is O=C(/C=C/c1ccc(Cl)cc1)Nc1ccccc1NC(=O)C(F)(F)F. The number of hydrogen-bond acceptors (Lipinski definition) is 2. The van der Waals surface area contributed by atoms with Gasteiger partial charge in [-0.1, -0.05) is 35.9 Å². The Labute approximate surface area is 146 Å². The molecule has 0 atom stereocenters. The Bertz CT molecular complexity index is 802. The number of halogens is 4. The molecule has 0 radical (unpaired) electrons. The second-order valence-electron chi connectivity index (χ2n) is 4.87. The highest BCUT2D eigenvalue weighted by Crippen LogP contribution is 2.24. The molecule has 2 amide bonds. The normalized spacial score (nSPS) is 11.4. The summed E-state index contributed by atoms with van der Waals surface area (Å²) < 4.78 is 37.0. The topological polar surface area (TPSA) is 58.2 Å². The first-order chi connectivity index (χ1) is 11.8. The predicted molar refractivity (Wildman–Crippen MR) is 90.2 cm³/mol. The molecule has 0 aliphatic carbocycles. The van der Waals surface area contributed by atoms with E-state index in [0.717, 1.165) is 5.56 Å². The summed E-state index contributed by atoms with van der Waals surface area (Å²) >= 11 is 5.75. The van der Waals surface area contributed by atoms with E-state index in [-0.39, 0.29) is 11.4 Å². The molecule has 130 valence electrons. The van der Waals surface area contributed by atoms with Gasteiger partial charge in [-0.2, -0.15) is 13.2 Å². The van der Waals surface area contributed by atoms with Gasteiger partial charge in [0, 0.05) is 11.1 Å². The number of carbonyl (C=O) groups is 2. The summed E-state index contributed by atoms with van der Waals surface area (Å²) in [6.45, 7) is 0. The molecule has 0 saturated heterocycles. The van der Waals surface area contributed by atoms with E-state index < -0.39 is 18.0 Å². The molecule has 4 nitrogen and oxygen atoms in total. The van der Waals surface area contributed by atoms with Gasteiger partial charge in [0.1, 0.15) is 0 Å². The summed E-state index contributed by atoms with van der Waals surface area (Å²) in [5.41, 5.74) is 0.613. The number of para-hydroxylation sites is 2. The summed E-state index contributed by atoms with van der Waals surface area (Å²) in [4.78, 5) is 23.0. The van der Waals surface area contributed by atoms with Crippen molar-refractivity contribution in [3.8, 4) is 0 Å². The van der Waals surface area contributed by atoms with E-state index in [1.165, 1.54) is 36.4 Å². The molecule has 0 aliphatic heterocycles. The molecule has 0 fully saturated rings. The van der Waals surface area contributed by atoms with Crippen LogP contribution in [0.2, 0.25) is 5.02 Å². The molecular formula is C17H12ClF3N2O2. The second-order valence-corrected chi connectivity index (χ2v) is 5.31. The second kappa shape index (κ2) is 7.85. The van der Waals surface area contributed by atoms with Crippen molar-refractivity contribution < 1.29 is 22.8 Å². The van der Waals surface area contributed by atoms with Crippen molar-refractivity contribution in [3.63, 3.8) is 0 Å². The molecule has 8 heteroatoms. The smallest absolute Gasteiger partial charge is 0.321 e. The molecule has 0 bridgehead atoms. The zero-order valence-electron chi connectivity index (χ0n) is 12.6. The van der Waals surface area contributed by atoms with Crippen LogP contribution >= 0.6 is 11.6 Å². The van der Waals surface area contributed by atoms with Gasteiger partial charge in [-0.25, -0.2) is 0 Å². The van der Waals surface area contributed by atoms with Gasteiger partial charge in [0.2, 0.25) is 5.91 Å². The summed E-state index contributed by atoms with van der Waals surface area (Å²) in [6.07, 6.45) is -2.29. The third-order valence-corrected chi connectivity index (χ3v) is 3.24. The van der Waals surface area contributed by atoms with Crippen LogP contribution in [-0.2, 0) is 9.59 Å². The first-order valence-electron chi connectivity index (χ1n) is 6.97. The molecular weight excluding hydrogens is 357 g/mol. The minimum absolute atomic E-state index is 0.0471. The number of rotatable bonds is 4. The van der Waals surface area contributed by atoms with Crippen LogP contribution < -0.4 is 10.6 Å². The van der Waals surface area contributed by atoms with E-state index in [1.807, 2.05) is 0 Å². The minimum atomic E-state index is -5.02. The summed E-state index contributed by atoms with van der Waals surface area (Å²) in [7, 11) is 0. The maximum atomic E-state index is 12.3. The Kier molecular flexibility index (Phi) is 5.82. The van der Waals surface area contributed by atoms with Crippen LogP contribution in [0, 0.1) is 0 Å². The molecule has 0 spiro atoms. The van der Waals surface area contributed by atoms with Gasteiger partial charge in [-0.3, -0.25) is 9.59 Å². The molecule has 2 N–H and O–H groups in total. The summed E-state index contributed by atoms with van der Waals surface area (Å²) in [5, 5.41) is 4.69. The lowest BCUT2D eigenvalue weighted by molar-refractivity contribution is -0.167. The van der Waals surface area contributed by atoms with Crippen molar-refractivity contribution in [1.29, 1.82) is 0 Å². The summed E-state index contributed by atoms with van der Waals surface area (Å²) in [6, 6.07) is 12.3. The highest BCUT2D eigenvalue weighted by Gasteiger charge is 2.38. The van der Waals surface area contributed by atoms with E-state index in [1.54, 1.807) is 29.6 Å². The lowest BCUT2D eigenvalue weighted by Crippen LogP contribution is -2.30. The van der Waals surface area contributed by atoms with Gasteiger partial charge in [0.25, 0.3) is 0 Å². The lowest BCUT2D eigenvalue weighted by atomic mass is 10.2. The quantitative estimate of drug-likeness (QED) is 0.781. The molecule has 0 heterocycles. The molecule has 2 aromatic carbocycles. The van der Waals surface area contributed by atoms with Gasteiger partial charge in [-0.05, 0) is 35.9 Å². The largest absolute Gasteiger partial charge is 0.471 e. The van der Waals surface area contributed by atoms with E-state index in [2.05, 4.69) is 5.32 Å². The molecule has 2 aromatic rings. The number of nitrogens with one attached hydrogen (secondary N) is 2. The third-order valence-electron chi connectivity index (χ3n) is 2.99. The number of hydrogen-bond donors (Lipinski definition) is 2. The standard InChI is InChI=1S/C17H12ClF3N2O2/c18-12-8-5-11(6-9-12)7-10-15(24)22-13-3-1-2-4-14(13)23-16(25)17(19,20)21/h1-10H,(H,22,24)(H,23,25)/b10-7+. The average Bonchev–Trinajstić information content (AvgIpc) is 2.55. The van der Waals surface area contributed by atoms with Gasteiger partial charge in [0.05, 0.1) is 11.4 Å². The van der Waals surface area contributed by atoms with Crippen LogP contribution in [0.5, 0.6) is 0 Å². The number of alkyl halides is 3. The fourth-order valence-corrected chi connectivity index (χ4v) is 1.94. The number of amides is 2. The van der Waals surface area contributed by atoms with E-state index in [9.17, 15) is 22.8 Å². The zero-order chi connectivity index (χ0) is 18.4. The van der Waals surface area contributed by atoms with Crippen LogP contribution in [0.15, 0.2) is 54.6 Å². The first-order valence-corrected chi connectivity index (χ1v) is 7.35. The maximum absolute atomic E-state index is 12.3. The van der Waals surface area contributed by atoms with Crippen molar-refractivity contribution in [2.24, 2.45) is 0 Å². The number of anilines is 2.